The molecule has 0 aromatic carbocycles. The fourth-order valence-corrected chi connectivity index (χ4v) is 3.73. The lowest BCUT2D eigenvalue weighted by Crippen LogP contribution is -2.48. The Morgan fingerprint density at radius 2 is 2.00 bits per heavy atom. The summed E-state index contributed by atoms with van der Waals surface area (Å²) in [6.45, 7) is 6.36. The molecule has 0 aliphatic carbocycles. The lowest BCUT2D eigenvalue weighted by molar-refractivity contribution is -0.132. The molecule has 0 saturated carbocycles. The maximum absolute atomic E-state index is 12.2. The van der Waals surface area contributed by atoms with Gasteiger partial charge < -0.3 is 4.90 Å². The van der Waals surface area contributed by atoms with Gasteiger partial charge in [0.2, 0.25) is 5.91 Å². The molecule has 2 saturated heterocycles. The van der Waals surface area contributed by atoms with Crippen molar-refractivity contribution in [1.82, 2.24) is 10.2 Å². The number of amides is 1. The summed E-state index contributed by atoms with van der Waals surface area (Å²) >= 11 is 2.01. The summed E-state index contributed by atoms with van der Waals surface area (Å²) in [6, 6.07) is 0.473. The first-order chi connectivity index (χ1) is 7.61. The fourth-order valence-electron chi connectivity index (χ4n) is 2.65. The lowest BCUT2D eigenvalue weighted by atomic mass is 10.1. The van der Waals surface area contributed by atoms with Crippen LogP contribution in [0.15, 0.2) is 0 Å². The zero-order valence-electron chi connectivity index (χ0n) is 10.4. The summed E-state index contributed by atoms with van der Waals surface area (Å²) in [5.41, 5.74) is 0. The Morgan fingerprint density at radius 1 is 1.38 bits per heavy atom. The third-order valence-corrected chi connectivity index (χ3v) is 4.61. The van der Waals surface area contributed by atoms with Gasteiger partial charge in [-0.25, -0.2) is 0 Å². The molecular weight excluding hydrogens is 220 g/mol. The first-order valence-corrected chi connectivity index (χ1v) is 7.42. The van der Waals surface area contributed by atoms with E-state index < -0.39 is 0 Å². The summed E-state index contributed by atoms with van der Waals surface area (Å²) in [5.74, 6) is 3.19. The van der Waals surface area contributed by atoms with E-state index in [1.807, 2.05) is 18.7 Å². The molecule has 0 bridgehead atoms. The fraction of sp³-hybridized carbons (Fsp3) is 0.917. The van der Waals surface area contributed by atoms with Crippen molar-refractivity contribution in [2.45, 2.75) is 51.9 Å². The summed E-state index contributed by atoms with van der Waals surface area (Å²) < 4.78 is 0. The number of nitrogens with one attached hydrogen (secondary N) is 1. The largest absolute Gasteiger partial charge is 0.322 e. The highest BCUT2D eigenvalue weighted by Gasteiger charge is 2.41. The normalized spacial score (nSPS) is 32.8. The molecule has 0 aromatic heterocycles. The molecular formula is C12H22N2OS. The summed E-state index contributed by atoms with van der Waals surface area (Å²) in [5, 5.41) is 3.42. The highest BCUT2D eigenvalue weighted by molar-refractivity contribution is 7.99. The maximum atomic E-state index is 12.2. The smallest absolute Gasteiger partial charge is 0.240 e. The molecule has 0 aromatic rings. The van der Waals surface area contributed by atoms with Crippen molar-refractivity contribution in [2.24, 2.45) is 5.92 Å². The second kappa shape index (κ2) is 4.96. The first-order valence-electron chi connectivity index (χ1n) is 6.27. The predicted octanol–water partition coefficient (Wildman–Crippen LogP) is 1.68. The third-order valence-electron chi connectivity index (χ3n) is 3.56. The van der Waals surface area contributed by atoms with E-state index in [4.69, 9.17) is 0 Å². The van der Waals surface area contributed by atoms with E-state index in [1.165, 1.54) is 11.5 Å². The lowest BCUT2D eigenvalue weighted by Gasteiger charge is -2.36. The van der Waals surface area contributed by atoms with Crippen LogP contribution < -0.4 is 5.32 Å². The summed E-state index contributed by atoms with van der Waals surface area (Å²) in [7, 11) is 0. The number of nitrogens with zero attached hydrogens (tertiary/aromatic N) is 1. The highest BCUT2D eigenvalue weighted by atomic mass is 32.2. The van der Waals surface area contributed by atoms with Gasteiger partial charge in [-0.2, -0.15) is 11.8 Å². The molecule has 2 atom stereocenters. The Balaban J connectivity index is 2.11. The monoisotopic (exact) mass is 242 g/mol. The molecule has 2 aliphatic rings. The van der Waals surface area contributed by atoms with Crippen LogP contribution in [0.25, 0.3) is 0 Å². The van der Waals surface area contributed by atoms with Crippen molar-refractivity contribution in [1.29, 1.82) is 0 Å². The molecule has 2 rings (SSSR count). The number of rotatable bonds is 2. The molecule has 2 unspecified atom stereocenters. The van der Waals surface area contributed by atoms with Gasteiger partial charge in [-0.3, -0.25) is 10.1 Å². The van der Waals surface area contributed by atoms with E-state index >= 15 is 0 Å². The number of hydrogen-bond acceptors (Lipinski definition) is 3. The standard InChI is InChI=1S/C12H22N2OS/c1-8(2)11-13-9(3)12(15)14(11)10-4-6-16-7-5-10/h8-11,13H,4-7H2,1-3H3. The molecule has 2 fully saturated rings. The minimum atomic E-state index is 0.00183. The van der Waals surface area contributed by atoms with Crippen molar-refractivity contribution in [3.8, 4) is 0 Å². The van der Waals surface area contributed by atoms with Crippen LogP contribution in [0.1, 0.15) is 33.6 Å². The Morgan fingerprint density at radius 3 is 2.56 bits per heavy atom. The van der Waals surface area contributed by atoms with Gasteiger partial charge in [0.05, 0.1) is 12.2 Å². The summed E-state index contributed by atoms with van der Waals surface area (Å²) in [4.78, 5) is 14.3. The van der Waals surface area contributed by atoms with Crippen LogP contribution in [-0.4, -0.2) is 40.6 Å². The van der Waals surface area contributed by atoms with E-state index in [0.717, 1.165) is 12.8 Å². The van der Waals surface area contributed by atoms with Crippen molar-refractivity contribution in [2.75, 3.05) is 11.5 Å². The first kappa shape index (κ1) is 12.2. The van der Waals surface area contributed by atoms with Gasteiger partial charge in [-0.1, -0.05) is 13.8 Å². The van der Waals surface area contributed by atoms with Gasteiger partial charge in [0, 0.05) is 6.04 Å². The topological polar surface area (TPSA) is 32.3 Å². The van der Waals surface area contributed by atoms with Gasteiger partial charge in [-0.15, -0.1) is 0 Å². The second-order valence-corrected chi connectivity index (χ2v) is 6.39. The van der Waals surface area contributed by atoms with Crippen LogP contribution in [0.5, 0.6) is 0 Å². The molecule has 0 spiro atoms. The Kier molecular flexibility index (Phi) is 3.80. The molecule has 0 radical (unpaired) electrons. The third kappa shape index (κ3) is 2.23. The van der Waals surface area contributed by atoms with E-state index in [-0.39, 0.29) is 12.2 Å². The molecule has 1 amide bonds. The SMILES string of the molecule is CC1NC(C(C)C)N(C2CCSCC2)C1=O. The van der Waals surface area contributed by atoms with E-state index in [2.05, 4.69) is 24.1 Å². The summed E-state index contributed by atoms with van der Waals surface area (Å²) in [6.07, 6.45) is 2.57. The van der Waals surface area contributed by atoms with Crippen LogP contribution in [0.2, 0.25) is 0 Å². The van der Waals surface area contributed by atoms with Gasteiger partial charge in [0.1, 0.15) is 0 Å². The predicted molar refractivity (Wildman–Crippen MR) is 68.4 cm³/mol. The molecule has 92 valence electrons. The zero-order chi connectivity index (χ0) is 11.7. The average Bonchev–Trinajstić information content (AvgIpc) is 2.57. The Labute approximate surface area is 102 Å². The van der Waals surface area contributed by atoms with Gasteiger partial charge in [0.25, 0.3) is 0 Å². The average molecular weight is 242 g/mol. The van der Waals surface area contributed by atoms with Crippen molar-refractivity contribution < 1.29 is 4.79 Å². The van der Waals surface area contributed by atoms with Crippen molar-refractivity contribution in [3.63, 3.8) is 0 Å². The molecule has 3 nitrogen and oxygen atoms in total. The number of thioether (sulfide) groups is 1. The number of carbonyl (C=O) groups is 1. The maximum Gasteiger partial charge on any atom is 0.240 e. The van der Waals surface area contributed by atoms with E-state index in [0.29, 0.717) is 17.9 Å². The van der Waals surface area contributed by atoms with Crippen LogP contribution >= 0.6 is 11.8 Å². The number of hydrogen-bond donors (Lipinski definition) is 1. The Bertz CT molecular complexity index is 264. The van der Waals surface area contributed by atoms with Crippen LogP contribution in [0, 0.1) is 5.92 Å². The van der Waals surface area contributed by atoms with Crippen LogP contribution in [0.4, 0.5) is 0 Å². The Hall–Kier alpha value is -0.220. The molecule has 4 heteroatoms. The van der Waals surface area contributed by atoms with Crippen molar-refractivity contribution >= 4 is 17.7 Å². The van der Waals surface area contributed by atoms with Crippen molar-refractivity contribution in [3.05, 3.63) is 0 Å². The highest BCUT2D eigenvalue weighted by Crippen LogP contribution is 2.28. The van der Waals surface area contributed by atoms with Gasteiger partial charge >= 0.3 is 0 Å². The van der Waals surface area contributed by atoms with Gasteiger partial charge in [-0.05, 0) is 37.2 Å². The van der Waals surface area contributed by atoms with Crippen LogP contribution in [0.3, 0.4) is 0 Å². The van der Waals surface area contributed by atoms with Gasteiger partial charge in [0.15, 0.2) is 0 Å². The molecule has 1 N–H and O–H groups in total. The second-order valence-electron chi connectivity index (χ2n) is 5.17. The van der Waals surface area contributed by atoms with E-state index in [9.17, 15) is 4.79 Å². The minimum Gasteiger partial charge on any atom is -0.322 e. The molecule has 16 heavy (non-hydrogen) atoms. The zero-order valence-corrected chi connectivity index (χ0v) is 11.2. The van der Waals surface area contributed by atoms with Crippen LogP contribution in [-0.2, 0) is 4.79 Å². The minimum absolute atomic E-state index is 0.00183. The molecule has 2 aliphatic heterocycles. The quantitative estimate of drug-likeness (QED) is 0.799. The number of carbonyl (C=O) groups excluding carboxylic acids is 1. The van der Waals surface area contributed by atoms with E-state index in [1.54, 1.807) is 0 Å². The molecule has 2 heterocycles.